The maximum absolute atomic E-state index is 11.5. The number of hydrazine groups is 1. The monoisotopic (exact) mass is 254 g/mol. The SMILES string of the molecule is CCC(=O)C1=CN(c2ccc(Cl)cc2)NS1. The van der Waals surface area contributed by atoms with Gasteiger partial charge in [0.1, 0.15) is 0 Å². The summed E-state index contributed by atoms with van der Waals surface area (Å²) in [5, 5.41) is 2.51. The van der Waals surface area contributed by atoms with Gasteiger partial charge in [-0.1, -0.05) is 18.5 Å². The average molecular weight is 255 g/mol. The van der Waals surface area contributed by atoms with E-state index in [4.69, 9.17) is 11.6 Å². The zero-order valence-electron chi connectivity index (χ0n) is 8.74. The number of anilines is 1. The Morgan fingerprint density at radius 3 is 2.75 bits per heavy atom. The Kier molecular flexibility index (Phi) is 3.53. The molecule has 0 amide bonds. The molecule has 0 aromatic heterocycles. The van der Waals surface area contributed by atoms with Crippen LogP contribution in [-0.2, 0) is 4.79 Å². The van der Waals surface area contributed by atoms with Crippen LogP contribution in [0.2, 0.25) is 5.02 Å². The van der Waals surface area contributed by atoms with Crippen molar-refractivity contribution < 1.29 is 4.79 Å². The Morgan fingerprint density at radius 2 is 2.12 bits per heavy atom. The minimum absolute atomic E-state index is 0.147. The van der Waals surface area contributed by atoms with Gasteiger partial charge >= 0.3 is 0 Å². The quantitative estimate of drug-likeness (QED) is 0.840. The molecule has 16 heavy (non-hydrogen) atoms. The first-order valence-electron chi connectivity index (χ1n) is 4.93. The number of nitrogens with zero attached hydrogens (tertiary/aromatic N) is 1. The number of allylic oxidation sites excluding steroid dienone is 1. The molecule has 0 fully saturated rings. The van der Waals surface area contributed by atoms with Gasteiger partial charge in [-0.3, -0.25) is 9.80 Å². The second-order valence-corrected chi connectivity index (χ2v) is 4.57. The molecule has 0 saturated carbocycles. The summed E-state index contributed by atoms with van der Waals surface area (Å²) >= 11 is 7.14. The van der Waals surface area contributed by atoms with E-state index in [1.54, 1.807) is 6.20 Å². The van der Waals surface area contributed by atoms with Crippen molar-refractivity contribution in [1.82, 2.24) is 4.83 Å². The average Bonchev–Trinajstić information content (AvgIpc) is 2.78. The third kappa shape index (κ3) is 2.40. The lowest BCUT2D eigenvalue weighted by atomic mass is 10.3. The van der Waals surface area contributed by atoms with Gasteiger partial charge in [-0.25, -0.2) is 0 Å². The first-order valence-corrected chi connectivity index (χ1v) is 6.12. The molecule has 1 aromatic rings. The van der Waals surface area contributed by atoms with Crippen LogP contribution < -0.4 is 9.84 Å². The van der Waals surface area contributed by atoms with Gasteiger partial charge in [0.05, 0.1) is 10.6 Å². The summed E-state index contributed by atoms with van der Waals surface area (Å²) in [5.74, 6) is 0.147. The lowest BCUT2D eigenvalue weighted by Crippen LogP contribution is -2.22. The first-order chi connectivity index (χ1) is 7.70. The van der Waals surface area contributed by atoms with Crippen molar-refractivity contribution >= 4 is 35.0 Å². The highest BCUT2D eigenvalue weighted by molar-refractivity contribution is 8.02. The molecule has 0 unspecified atom stereocenters. The summed E-state index contributed by atoms with van der Waals surface area (Å²) in [6.45, 7) is 1.86. The van der Waals surface area contributed by atoms with Crippen LogP contribution in [0.15, 0.2) is 35.4 Å². The van der Waals surface area contributed by atoms with E-state index in [2.05, 4.69) is 4.83 Å². The topological polar surface area (TPSA) is 32.3 Å². The van der Waals surface area contributed by atoms with Crippen LogP contribution in [0.25, 0.3) is 0 Å². The Morgan fingerprint density at radius 1 is 1.44 bits per heavy atom. The molecule has 0 aliphatic carbocycles. The van der Waals surface area contributed by atoms with Crippen molar-refractivity contribution in [2.45, 2.75) is 13.3 Å². The second kappa shape index (κ2) is 4.91. The summed E-state index contributed by atoms with van der Waals surface area (Å²) in [5.41, 5.74) is 0.954. The largest absolute Gasteiger partial charge is 0.294 e. The highest BCUT2D eigenvalue weighted by Crippen LogP contribution is 2.27. The summed E-state index contributed by atoms with van der Waals surface area (Å²) in [4.78, 5) is 15.3. The number of hydrogen-bond donors (Lipinski definition) is 1. The minimum atomic E-state index is 0.147. The van der Waals surface area contributed by atoms with Crippen LogP contribution in [0.3, 0.4) is 0 Å². The third-order valence-corrected chi connectivity index (χ3v) is 3.29. The molecule has 1 aromatic carbocycles. The summed E-state index contributed by atoms with van der Waals surface area (Å²) in [6, 6.07) is 7.42. The van der Waals surface area contributed by atoms with Crippen LogP contribution in [0.1, 0.15) is 13.3 Å². The summed E-state index contributed by atoms with van der Waals surface area (Å²) < 4.78 is 0. The van der Waals surface area contributed by atoms with E-state index in [1.165, 1.54) is 11.9 Å². The van der Waals surface area contributed by atoms with Gasteiger partial charge in [0.15, 0.2) is 5.78 Å². The fourth-order valence-corrected chi connectivity index (χ4v) is 2.20. The van der Waals surface area contributed by atoms with Gasteiger partial charge in [0.2, 0.25) is 0 Å². The molecule has 2 rings (SSSR count). The number of nitrogens with one attached hydrogen (secondary N) is 1. The highest BCUT2D eigenvalue weighted by Gasteiger charge is 2.18. The molecule has 0 atom stereocenters. The second-order valence-electron chi connectivity index (χ2n) is 3.31. The summed E-state index contributed by atoms with van der Waals surface area (Å²) in [6.07, 6.45) is 2.33. The first kappa shape index (κ1) is 11.5. The van der Waals surface area contributed by atoms with E-state index < -0.39 is 0 Å². The van der Waals surface area contributed by atoms with Crippen molar-refractivity contribution in [2.75, 3.05) is 5.01 Å². The molecule has 1 aliphatic heterocycles. The smallest absolute Gasteiger partial charge is 0.171 e. The van der Waals surface area contributed by atoms with Crippen molar-refractivity contribution in [3.05, 3.63) is 40.4 Å². The molecule has 0 bridgehead atoms. The third-order valence-electron chi connectivity index (χ3n) is 2.20. The van der Waals surface area contributed by atoms with Crippen molar-refractivity contribution in [3.8, 4) is 0 Å². The number of carbonyl (C=O) groups excluding carboxylic acids is 1. The number of hydrogen-bond acceptors (Lipinski definition) is 4. The number of benzene rings is 1. The van der Waals surface area contributed by atoms with E-state index in [9.17, 15) is 4.79 Å². The molecular weight excluding hydrogens is 244 g/mol. The fraction of sp³-hybridized carbons (Fsp3) is 0.182. The van der Waals surface area contributed by atoms with Gasteiger partial charge in [-0.05, 0) is 36.2 Å². The standard InChI is InChI=1S/C11H11ClN2OS/c1-2-10(15)11-7-14(13-16-11)9-5-3-8(12)4-6-9/h3-7,13H,2H2,1H3. The number of carbonyl (C=O) groups is 1. The van der Waals surface area contributed by atoms with Gasteiger partial charge in [0, 0.05) is 17.6 Å². The number of rotatable bonds is 3. The fourth-order valence-electron chi connectivity index (χ4n) is 1.30. The molecule has 84 valence electrons. The predicted octanol–water partition coefficient (Wildman–Crippen LogP) is 3.13. The Hall–Kier alpha value is -0.970. The molecule has 1 N–H and O–H groups in total. The van der Waals surface area contributed by atoms with Crippen LogP contribution in [0, 0.1) is 0 Å². The predicted molar refractivity (Wildman–Crippen MR) is 68.0 cm³/mol. The molecule has 0 spiro atoms. The Balaban J connectivity index is 2.16. The van der Waals surface area contributed by atoms with E-state index in [0.717, 1.165) is 10.6 Å². The molecule has 1 aliphatic rings. The molecular formula is C11H11ClN2OS. The van der Waals surface area contributed by atoms with Crippen LogP contribution in [0.4, 0.5) is 5.69 Å². The molecule has 5 heteroatoms. The number of Topliss-reactive ketones (excluding diaryl/α,β-unsaturated/α-hetero) is 1. The lowest BCUT2D eigenvalue weighted by Gasteiger charge is -2.14. The molecule has 3 nitrogen and oxygen atoms in total. The maximum Gasteiger partial charge on any atom is 0.171 e. The maximum atomic E-state index is 11.5. The zero-order valence-corrected chi connectivity index (χ0v) is 10.3. The number of halogens is 1. The molecule has 0 saturated heterocycles. The Bertz CT molecular complexity index is 430. The van der Waals surface area contributed by atoms with E-state index in [-0.39, 0.29) is 5.78 Å². The highest BCUT2D eigenvalue weighted by atomic mass is 35.5. The van der Waals surface area contributed by atoms with Crippen LogP contribution in [-0.4, -0.2) is 5.78 Å². The van der Waals surface area contributed by atoms with Gasteiger partial charge in [-0.15, -0.1) is 0 Å². The van der Waals surface area contributed by atoms with Crippen LogP contribution >= 0.6 is 23.5 Å². The minimum Gasteiger partial charge on any atom is -0.294 e. The van der Waals surface area contributed by atoms with E-state index >= 15 is 0 Å². The summed E-state index contributed by atoms with van der Waals surface area (Å²) in [7, 11) is 0. The van der Waals surface area contributed by atoms with Crippen molar-refractivity contribution in [1.29, 1.82) is 0 Å². The van der Waals surface area contributed by atoms with Crippen molar-refractivity contribution in [2.24, 2.45) is 0 Å². The normalized spacial score (nSPS) is 15.1. The number of ketones is 1. The van der Waals surface area contributed by atoms with Crippen LogP contribution in [0.5, 0.6) is 0 Å². The molecule has 0 radical (unpaired) electrons. The molecule has 1 heterocycles. The van der Waals surface area contributed by atoms with Gasteiger partial charge in [0.25, 0.3) is 0 Å². The Labute approximate surface area is 104 Å². The zero-order chi connectivity index (χ0) is 11.5. The van der Waals surface area contributed by atoms with Gasteiger partial charge in [-0.2, -0.15) is 4.83 Å². The van der Waals surface area contributed by atoms with E-state index in [1.807, 2.05) is 36.2 Å². The van der Waals surface area contributed by atoms with E-state index in [0.29, 0.717) is 11.4 Å². The van der Waals surface area contributed by atoms with Crippen molar-refractivity contribution in [3.63, 3.8) is 0 Å². The van der Waals surface area contributed by atoms with Gasteiger partial charge < -0.3 is 0 Å². The lowest BCUT2D eigenvalue weighted by molar-refractivity contribution is -0.114.